The fourth-order valence-corrected chi connectivity index (χ4v) is 1.90. The average molecular weight is 217 g/mol. The third-order valence-corrected chi connectivity index (χ3v) is 2.76. The van der Waals surface area contributed by atoms with Crippen molar-refractivity contribution in [1.82, 2.24) is 4.98 Å². The first kappa shape index (κ1) is 10.9. The lowest BCUT2D eigenvalue weighted by Crippen LogP contribution is -2.30. The minimum atomic E-state index is 0.226. The molecule has 0 saturated carbocycles. The number of rotatable bonds is 3. The molecule has 1 fully saturated rings. The quantitative estimate of drug-likeness (QED) is 0.840. The molecule has 1 saturated heterocycles. The second-order valence-electron chi connectivity index (χ2n) is 4.00. The zero-order valence-corrected chi connectivity index (χ0v) is 9.31. The van der Waals surface area contributed by atoms with Gasteiger partial charge in [0.05, 0.1) is 12.1 Å². The van der Waals surface area contributed by atoms with E-state index in [2.05, 4.69) is 17.2 Å². The van der Waals surface area contributed by atoms with E-state index < -0.39 is 0 Å². The number of nitrogens with zero attached hydrogens (tertiary/aromatic N) is 2. The van der Waals surface area contributed by atoms with Crippen LogP contribution in [0.2, 0.25) is 0 Å². The topological polar surface area (TPSA) is 57.9 Å². The molecule has 1 aromatic rings. The van der Waals surface area contributed by atoms with Crippen LogP contribution in [0.1, 0.15) is 25.5 Å². The number of ether oxygens (including phenoxy) is 1. The van der Waals surface area contributed by atoms with E-state index in [1.54, 1.807) is 6.07 Å². The molecule has 1 N–H and O–H groups in total. The Morgan fingerprint density at radius 3 is 3.19 bits per heavy atom. The van der Waals surface area contributed by atoms with Crippen LogP contribution < -0.4 is 5.32 Å². The number of hydrogen-bond donors (Lipinski definition) is 1. The number of anilines is 1. The van der Waals surface area contributed by atoms with Crippen molar-refractivity contribution >= 4 is 5.82 Å². The lowest BCUT2D eigenvalue weighted by atomic mass is 10.1. The summed E-state index contributed by atoms with van der Waals surface area (Å²) in [5, 5.41) is 12.0. The first-order valence-corrected chi connectivity index (χ1v) is 5.55. The van der Waals surface area contributed by atoms with E-state index in [4.69, 9.17) is 10.00 Å². The van der Waals surface area contributed by atoms with Crippen LogP contribution in [0.3, 0.4) is 0 Å². The molecular weight excluding hydrogens is 202 g/mol. The summed E-state index contributed by atoms with van der Waals surface area (Å²) in [6, 6.07) is 7.65. The summed E-state index contributed by atoms with van der Waals surface area (Å²) in [7, 11) is 0. The summed E-state index contributed by atoms with van der Waals surface area (Å²) in [6.45, 7) is 2.93. The van der Waals surface area contributed by atoms with E-state index >= 15 is 0 Å². The summed E-state index contributed by atoms with van der Waals surface area (Å²) >= 11 is 0. The van der Waals surface area contributed by atoms with Gasteiger partial charge in [-0.2, -0.15) is 5.26 Å². The van der Waals surface area contributed by atoms with Crippen molar-refractivity contribution in [2.24, 2.45) is 0 Å². The zero-order chi connectivity index (χ0) is 11.4. The van der Waals surface area contributed by atoms with Gasteiger partial charge in [0.25, 0.3) is 0 Å². The SMILES string of the molecule is CC(Nc1cccc(C#N)n1)C1CCCO1. The van der Waals surface area contributed by atoms with Gasteiger partial charge in [0.2, 0.25) is 0 Å². The van der Waals surface area contributed by atoms with Crippen molar-refractivity contribution in [3.8, 4) is 6.07 Å². The fourth-order valence-electron chi connectivity index (χ4n) is 1.90. The van der Waals surface area contributed by atoms with Crippen molar-refractivity contribution in [3.63, 3.8) is 0 Å². The van der Waals surface area contributed by atoms with Gasteiger partial charge in [-0.3, -0.25) is 0 Å². The van der Waals surface area contributed by atoms with Gasteiger partial charge in [-0.15, -0.1) is 0 Å². The van der Waals surface area contributed by atoms with Crippen LogP contribution in [0.25, 0.3) is 0 Å². The second-order valence-corrected chi connectivity index (χ2v) is 4.00. The summed E-state index contributed by atoms with van der Waals surface area (Å²) in [5.74, 6) is 0.738. The van der Waals surface area contributed by atoms with E-state index in [1.807, 2.05) is 18.2 Å². The number of nitriles is 1. The molecule has 0 spiro atoms. The zero-order valence-electron chi connectivity index (χ0n) is 9.31. The van der Waals surface area contributed by atoms with E-state index in [0.717, 1.165) is 25.3 Å². The van der Waals surface area contributed by atoms with Gasteiger partial charge < -0.3 is 10.1 Å². The molecule has 1 aromatic heterocycles. The summed E-state index contributed by atoms with van der Waals surface area (Å²) in [5.41, 5.74) is 0.435. The molecule has 2 heterocycles. The van der Waals surface area contributed by atoms with Gasteiger partial charge in [-0.1, -0.05) is 6.07 Å². The normalized spacial score (nSPS) is 21.4. The van der Waals surface area contributed by atoms with Gasteiger partial charge in [0, 0.05) is 6.61 Å². The van der Waals surface area contributed by atoms with Gasteiger partial charge >= 0.3 is 0 Å². The Morgan fingerprint density at radius 1 is 1.62 bits per heavy atom. The van der Waals surface area contributed by atoms with E-state index in [0.29, 0.717) is 5.69 Å². The van der Waals surface area contributed by atoms with Gasteiger partial charge in [0.1, 0.15) is 17.6 Å². The highest BCUT2D eigenvalue weighted by molar-refractivity contribution is 5.39. The molecule has 0 amide bonds. The fraction of sp³-hybridized carbons (Fsp3) is 0.500. The average Bonchev–Trinajstić information content (AvgIpc) is 2.83. The largest absolute Gasteiger partial charge is 0.376 e. The molecule has 1 aliphatic rings. The van der Waals surface area contributed by atoms with Crippen LogP contribution in [0.5, 0.6) is 0 Å². The van der Waals surface area contributed by atoms with Crippen LogP contribution in [0.4, 0.5) is 5.82 Å². The highest BCUT2D eigenvalue weighted by Gasteiger charge is 2.22. The Balaban J connectivity index is 2.00. The number of pyridine rings is 1. The molecule has 0 bridgehead atoms. The Labute approximate surface area is 95.3 Å². The standard InChI is InChI=1S/C12H15N3O/c1-9(11-5-3-7-16-11)14-12-6-2-4-10(8-13)15-12/h2,4,6,9,11H,3,5,7H2,1H3,(H,14,15). The maximum Gasteiger partial charge on any atom is 0.142 e. The van der Waals surface area contributed by atoms with Crippen LogP contribution in [-0.2, 0) is 4.74 Å². The molecule has 84 valence electrons. The van der Waals surface area contributed by atoms with E-state index in [9.17, 15) is 0 Å². The van der Waals surface area contributed by atoms with Gasteiger partial charge in [0.15, 0.2) is 0 Å². The van der Waals surface area contributed by atoms with Crippen molar-refractivity contribution in [2.75, 3.05) is 11.9 Å². The summed E-state index contributed by atoms with van der Waals surface area (Å²) in [4.78, 5) is 4.17. The molecule has 4 nitrogen and oxygen atoms in total. The minimum absolute atomic E-state index is 0.226. The molecule has 1 aliphatic heterocycles. The van der Waals surface area contributed by atoms with Crippen molar-refractivity contribution in [3.05, 3.63) is 23.9 Å². The second kappa shape index (κ2) is 4.95. The van der Waals surface area contributed by atoms with Crippen LogP contribution >= 0.6 is 0 Å². The Kier molecular flexibility index (Phi) is 3.37. The van der Waals surface area contributed by atoms with Crippen LogP contribution in [0.15, 0.2) is 18.2 Å². The smallest absolute Gasteiger partial charge is 0.142 e. The molecule has 2 unspecified atom stereocenters. The minimum Gasteiger partial charge on any atom is -0.376 e. The lowest BCUT2D eigenvalue weighted by Gasteiger charge is -2.20. The van der Waals surface area contributed by atoms with Crippen molar-refractivity contribution in [2.45, 2.75) is 31.9 Å². The Hall–Kier alpha value is -1.60. The van der Waals surface area contributed by atoms with Crippen molar-refractivity contribution < 1.29 is 4.74 Å². The highest BCUT2D eigenvalue weighted by Crippen LogP contribution is 2.18. The monoisotopic (exact) mass is 217 g/mol. The Bertz CT molecular complexity index is 393. The highest BCUT2D eigenvalue weighted by atomic mass is 16.5. The van der Waals surface area contributed by atoms with Crippen LogP contribution in [0, 0.1) is 11.3 Å². The van der Waals surface area contributed by atoms with E-state index in [-0.39, 0.29) is 12.1 Å². The molecule has 0 aromatic carbocycles. The maximum absolute atomic E-state index is 8.74. The molecule has 4 heteroatoms. The predicted octanol–water partition coefficient (Wildman–Crippen LogP) is 1.93. The summed E-state index contributed by atoms with van der Waals surface area (Å²) in [6.07, 6.45) is 2.47. The van der Waals surface area contributed by atoms with Gasteiger partial charge in [-0.25, -0.2) is 4.98 Å². The summed E-state index contributed by atoms with van der Waals surface area (Å²) < 4.78 is 5.59. The number of nitrogens with one attached hydrogen (secondary N) is 1. The molecule has 0 aliphatic carbocycles. The van der Waals surface area contributed by atoms with E-state index in [1.165, 1.54) is 0 Å². The number of hydrogen-bond acceptors (Lipinski definition) is 4. The molecular formula is C12H15N3O. The number of aromatic nitrogens is 1. The maximum atomic E-state index is 8.74. The third kappa shape index (κ3) is 2.50. The third-order valence-electron chi connectivity index (χ3n) is 2.76. The first-order valence-electron chi connectivity index (χ1n) is 5.55. The lowest BCUT2D eigenvalue weighted by molar-refractivity contribution is 0.0995. The van der Waals surface area contributed by atoms with Crippen LogP contribution in [-0.4, -0.2) is 23.7 Å². The van der Waals surface area contributed by atoms with Gasteiger partial charge in [-0.05, 0) is 31.9 Å². The molecule has 16 heavy (non-hydrogen) atoms. The first-order chi connectivity index (χ1) is 7.79. The van der Waals surface area contributed by atoms with Crippen molar-refractivity contribution in [1.29, 1.82) is 5.26 Å². The molecule has 2 rings (SSSR count). The molecule has 2 atom stereocenters. The molecule has 0 radical (unpaired) electrons. The predicted molar refractivity (Wildman–Crippen MR) is 61.0 cm³/mol. The Morgan fingerprint density at radius 2 is 2.50 bits per heavy atom.